The highest BCUT2D eigenvalue weighted by molar-refractivity contribution is 7.99. The zero-order valence-corrected chi connectivity index (χ0v) is 9.98. The lowest BCUT2D eigenvalue weighted by Gasteiger charge is -2.17. The molecule has 0 amide bonds. The second kappa shape index (κ2) is 4.07. The van der Waals surface area contributed by atoms with Gasteiger partial charge in [-0.2, -0.15) is 5.21 Å². The number of nitrogens with one attached hydrogen (secondary N) is 1. The van der Waals surface area contributed by atoms with Crippen molar-refractivity contribution >= 4 is 23.4 Å². The molecule has 1 N–H and O–H groups in total. The third-order valence-corrected chi connectivity index (χ3v) is 3.97. The van der Waals surface area contributed by atoms with Crippen LogP contribution in [0.1, 0.15) is 12.0 Å². The fourth-order valence-electron chi connectivity index (χ4n) is 1.90. The van der Waals surface area contributed by atoms with E-state index in [1.54, 1.807) is 0 Å². The summed E-state index contributed by atoms with van der Waals surface area (Å²) in [5.74, 6) is 1.78. The van der Waals surface area contributed by atoms with E-state index in [2.05, 4.69) is 20.6 Å². The lowest BCUT2D eigenvalue weighted by molar-refractivity contribution is 0.881. The van der Waals surface area contributed by atoms with Crippen LogP contribution in [0.5, 0.6) is 0 Å². The SMILES string of the molecule is Clc1cc2c(c(-c3nn[nH]n3)c1)CCCS2. The van der Waals surface area contributed by atoms with Gasteiger partial charge in [0.1, 0.15) is 0 Å². The molecule has 2 heterocycles. The summed E-state index contributed by atoms with van der Waals surface area (Å²) < 4.78 is 0. The Labute approximate surface area is 102 Å². The minimum Gasteiger partial charge on any atom is -0.177 e. The van der Waals surface area contributed by atoms with Gasteiger partial charge in [0, 0.05) is 15.5 Å². The smallest absolute Gasteiger partial charge is 0.177 e. The first kappa shape index (κ1) is 10.1. The lowest BCUT2D eigenvalue weighted by atomic mass is 10.0. The molecule has 1 aliphatic heterocycles. The van der Waals surface area contributed by atoms with Gasteiger partial charge in [-0.3, -0.25) is 0 Å². The number of hydrogen-bond donors (Lipinski definition) is 1. The molecule has 0 unspecified atom stereocenters. The highest BCUT2D eigenvalue weighted by atomic mass is 35.5. The number of rotatable bonds is 1. The van der Waals surface area contributed by atoms with Crippen LogP contribution in [0.15, 0.2) is 17.0 Å². The molecular formula is C10H9ClN4S. The van der Waals surface area contributed by atoms with Crippen LogP contribution in [0.4, 0.5) is 0 Å². The number of thioether (sulfide) groups is 1. The maximum absolute atomic E-state index is 6.10. The zero-order chi connectivity index (χ0) is 11.0. The minimum absolute atomic E-state index is 0.626. The van der Waals surface area contributed by atoms with Gasteiger partial charge >= 0.3 is 0 Å². The Morgan fingerprint density at radius 3 is 3.12 bits per heavy atom. The molecule has 4 nitrogen and oxygen atoms in total. The molecule has 6 heteroatoms. The quantitative estimate of drug-likeness (QED) is 0.848. The second-order valence-electron chi connectivity index (χ2n) is 3.62. The van der Waals surface area contributed by atoms with Crippen LogP contribution in [0.25, 0.3) is 11.4 Å². The van der Waals surface area contributed by atoms with Gasteiger partial charge in [0.2, 0.25) is 5.82 Å². The zero-order valence-electron chi connectivity index (χ0n) is 8.40. The van der Waals surface area contributed by atoms with E-state index in [0.29, 0.717) is 5.82 Å². The number of benzene rings is 1. The molecule has 16 heavy (non-hydrogen) atoms. The number of tetrazole rings is 1. The van der Waals surface area contributed by atoms with Gasteiger partial charge < -0.3 is 0 Å². The third-order valence-electron chi connectivity index (χ3n) is 2.59. The van der Waals surface area contributed by atoms with E-state index in [9.17, 15) is 0 Å². The molecule has 1 aliphatic rings. The minimum atomic E-state index is 0.626. The van der Waals surface area contributed by atoms with E-state index >= 15 is 0 Å². The Kier molecular flexibility index (Phi) is 2.57. The van der Waals surface area contributed by atoms with Gasteiger partial charge in [0.25, 0.3) is 0 Å². The fourth-order valence-corrected chi connectivity index (χ4v) is 3.29. The van der Waals surface area contributed by atoms with Crippen molar-refractivity contribution in [3.63, 3.8) is 0 Å². The third kappa shape index (κ3) is 1.70. The van der Waals surface area contributed by atoms with Crippen molar-refractivity contribution in [3.8, 4) is 11.4 Å². The van der Waals surface area contributed by atoms with Gasteiger partial charge in [0.05, 0.1) is 0 Å². The van der Waals surface area contributed by atoms with Gasteiger partial charge in [-0.15, -0.1) is 22.0 Å². The van der Waals surface area contributed by atoms with Gasteiger partial charge in [-0.05, 0) is 41.5 Å². The summed E-state index contributed by atoms with van der Waals surface area (Å²) in [6, 6.07) is 3.93. The number of nitrogens with zero attached hydrogens (tertiary/aromatic N) is 3. The summed E-state index contributed by atoms with van der Waals surface area (Å²) >= 11 is 7.94. The first-order valence-electron chi connectivity index (χ1n) is 5.03. The first-order chi connectivity index (χ1) is 7.84. The summed E-state index contributed by atoms with van der Waals surface area (Å²) in [6.07, 6.45) is 2.24. The highest BCUT2D eigenvalue weighted by Crippen LogP contribution is 2.37. The molecule has 0 bridgehead atoms. The van der Waals surface area contributed by atoms with E-state index in [1.807, 2.05) is 23.9 Å². The molecule has 0 spiro atoms. The number of aromatic nitrogens is 4. The molecule has 0 aliphatic carbocycles. The average Bonchev–Trinajstić information content (AvgIpc) is 2.81. The Morgan fingerprint density at radius 2 is 2.31 bits per heavy atom. The van der Waals surface area contributed by atoms with Crippen molar-refractivity contribution < 1.29 is 0 Å². The van der Waals surface area contributed by atoms with Crippen molar-refractivity contribution in [2.24, 2.45) is 0 Å². The summed E-state index contributed by atoms with van der Waals surface area (Å²) in [5, 5.41) is 14.8. The van der Waals surface area contributed by atoms with Crippen molar-refractivity contribution in [3.05, 3.63) is 22.7 Å². The highest BCUT2D eigenvalue weighted by Gasteiger charge is 2.18. The van der Waals surface area contributed by atoms with Crippen LogP contribution in [-0.4, -0.2) is 26.4 Å². The molecule has 0 radical (unpaired) electrons. The molecule has 1 aromatic heterocycles. The maximum Gasteiger partial charge on any atom is 0.205 e. The van der Waals surface area contributed by atoms with E-state index in [-0.39, 0.29) is 0 Å². The Bertz CT molecular complexity index is 512. The number of halogens is 1. The molecule has 3 rings (SSSR count). The number of aromatic amines is 1. The van der Waals surface area contributed by atoms with Gasteiger partial charge in [-0.25, -0.2) is 0 Å². The van der Waals surface area contributed by atoms with Crippen molar-refractivity contribution in [1.29, 1.82) is 0 Å². The number of hydrogen-bond acceptors (Lipinski definition) is 4. The summed E-state index contributed by atoms with van der Waals surface area (Å²) in [7, 11) is 0. The van der Waals surface area contributed by atoms with E-state index in [1.165, 1.54) is 16.9 Å². The summed E-state index contributed by atoms with van der Waals surface area (Å²) in [6.45, 7) is 0. The molecular weight excluding hydrogens is 244 g/mol. The van der Waals surface area contributed by atoms with Crippen LogP contribution >= 0.6 is 23.4 Å². The van der Waals surface area contributed by atoms with Crippen LogP contribution in [-0.2, 0) is 6.42 Å². The molecule has 0 saturated carbocycles. The predicted octanol–water partition coefficient (Wildman–Crippen LogP) is 2.56. The largest absolute Gasteiger partial charge is 0.205 e. The molecule has 2 aromatic rings. The van der Waals surface area contributed by atoms with E-state index in [4.69, 9.17) is 11.6 Å². The molecule has 0 fully saturated rings. The Hall–Kier alpha value is -1.07. The van der Waals surface area contributed by atoms with E-state index < -0.39 is 0 Å². The Morgan fingerprint density at radius 1 is 1.38 bits per heavy atom. The van der Waals surface area contributed by atoms with Gasteiger partial charge in [-0.1, -0.05) is 11.6 Å². The maximum atomic E-state index is 6.10. The topological polar surface area (TPSA) is 54.5 Å². The molecule has 0 atom stereocenters. The van der Waals surface area contributed by atoms with Crippen LogP contribution in [0.2, 0.25) is 5.02 Å². The standard InChI is InChI=1S/C10H9ClN4S/c11-6-4-8(10-12-14-15-13-10)7-2-1-3-16-9(7)5-6/h4-5H,1-3H2,(H,12,13,14,15). The van der Waals surface area contributed by atoms with Crippen LogP contribution in [0, 0.1) is 0 Å². The molecule has 1 aromatic carbocycles. The lowest BCUT2D eigenvalue weighted by Crippen LogP contribution is -2.01. The second-order valence-corrected chi connectivity index (χ2v) is 5.19. The summed E-state index contributed by atoms with van der Waals surface area (Å²) in [4.78, 5) is 1.25. The first-order valence-corrected chi connectivity index (χ1v) is 6.40. The van der Waals surface area contributed by atoms with E-state index in [0.717, 1.165) is 22.8 Å². The number of H-pyrrole nitrogens is 1. The summed E-state index contributed by atoms with van der Waals surface area (Å²) in [5.41, 5.74) is 2.30. The van der Waals surface area contributed by atoms with Crippen molar-refractivity contribution in [2.75, 3.05) is 5.75 Å². The normalized spacial score (nSPS) is 14.8. The van der Waals surface area contributed by atoms with Gasteiger partial charge in [0.15, 0.2) is 0 Å². The van der Waals surface area contributed by atoms with Crippen molar-refractivity contribution in [1.82, 2.24) is 20.6 Å². The molecule has 82 valence electrons. The van der Waals surface area contributed by atoms with Crippen LogP contribution in [0.3, 0.4) is 0 Å². The monoisotopic (exact) mass is 252 g/mol. The predicted molar refractivity (Wildman–Crippen MR) is 63.7 cm³/mol. The fraction of sp³-hybridized carbons (Fsp3) is 0.300. The Balaban J connectivity index is 2.20. The average molecular weight is 253 g/mol. The van der Waals surface area contributed by atoms with Crippen LogP contribution < -0.4 is 0 Å². The molecule has 0 saturated heterocycles. The number of fused-ring (bicyclic) bond motifs is 1. The van der Waals surface area contributed by atoms with Crippen molar-refractivity contribution in [2.45, 2.75) is 17.7 Å².